The van der Waals surface area contributed by atoms with Crippen LogP contribution in [0.3, 0.4) is 0 Å². The number of aryl methyl sites for hydroxylation is 1. The molecule has 2 rings (SSSR count). The van der Waals surface area contributed by atoms with Gasteiger partial charge in [-0.1, -0.05) is 15.9 Å². The molecule has 96 valence electrons. The van der Waals surface area contributed by atoms with Crippen molar-refractivity contribution in [3.63, 3.8) is 0 Å². The largest absolute Gasteiger partial charge is 0.483 e. The number of rotatable bonds is 4. The molecule has 0 aliphatic heterocycles. The van der Waals surface area contributed by atoms with Crippen molar-refractivity contribution in [3.05, 3.63) is 40.0 Å². The number of aliphatic hydroxyl groups is 1. The lowest BCUT2D eigenvalue weighted by Gasteiger charge is -2.12. The lowest BCUT2D eigenvalue weighted by Crippen LogP contribution is -2.01. The normalized spacial score (nSPS) is 12.4. The minimum absolute atomic E-state index is 0.183. The fraction of sp³-hybridized carbons (Fsp3) is 0.333. The predicted molar refractivity (Wildman–Crippen MR) is 68.1 cm³/mol. The van der Waals surface area contributed by atoms with Crippen LogP contribution in [0, 0.1) is 6.92 Å². The van der Waals surface area contributed by atoms with Gasteiger partial charge in [-0.15, -0.1) is 10.2 Å². The molecule has 0 spiro atoms. The van der Waals surface area contributed by atoms with E-state index in [1.807, 2.05) is 12.1 Å². The van der Waals surface area contributed by atoms with Crippen molar-refractivity contribution in [2.75, 3.05) is 0 Å². The smallest absolute Gasteiger partial charge is 0.253 e. The third kappa shape index (κ3) is 3.08. The number of ether oxygens (including phenoxy) is 1. The highest BCUT2D eigenvalue weighted by Gasteiger charge is 2.11. The summed E-state index contributed by atoms with van der Waals surface area (Å²) in [6, 6.07) is 5.45. The molecular weight excluding hydrogens is 300 g/mol. The second-order valence-corrected chi connectivity index (χ2v) is 4.78. The highest BCUT2D eigenvalue weighted by atomic mass is 79.9. The first-order chi connectivity index (χ1) is 8.56. The third-order valence-corrected chi connectivity index (χ3v) is 2.83. The second-order valence-electron chi connectivity index (χ2n) is 3.86. The topological polar surface area (TPSA) is 68.4 Å². The monoisotopic (exact) mass is 312 g/mol. The Morgan fingerprint density at radius 1 is 1.44 bits per heavy atom. The molecule has 1 aromatic heterocycles. The van der Waals surface area contributed by atoms with Gasteiger partial charge >= 0.3 is 0 Å². The molecule has 0 saturated heterocycles. The Morgan fingerprint density at radius 3 is 2.83 bits per heavy atom. The summed E-state index contributed by atoms with van der Waals surface area (Å²) >= 11 is 3.36. The number of nitrogens with zero attached hydrogens (tertiary/aromatic N) is 2. The molecule has 0 fully saturated rings. The average Bonchev–Trinajstić information content (AvgIpc) is 2.73. The molecule has 1 aromatic carbocycles. The van der Waals surface area contributed by atoms with E-state index in [-0.39, 0.29) is 6.61 Å². The first-order valence-electron chi connectivity index (χ1n) is 5.45. The highest BCUT2D eigenvalue weighted by molar-refractivity contribution is 9.10. The van der Waals surface area contributed by atoms with Crippen molar-refractivity contribution in [1.29, 1.82) is 0 Å². The minimum atomic E-state index is -0.609. The highest BCUT2D eigenvalue weighted by Crippen LogP contribution is 2.28. The van der Waals surface area contributed by atoms with E-state index in [1.54, 1.807) is 19.9 Å². The van der Waals surface area contributed by atoms with Crippen LogP contribution in [0.4, 0.5) is 0 Å². The lowest BCUT2D eigenvalue weighted by molar-refractivity contribution is 0.187. The van der Waals surface area contributed by atoms with Gasteiger partial charge in [-0.25, -0.2) is 0 Å². The summed E-state index contributed by atoms with van der Waals surface area (Å²) in [7, 11) is 0. The average molecular weight is 313 g/mol. The van der Waals surface area contributed by atoms with Crippen LogP contribution in [-0.2, 0) is 6.61 Å². The first-order valence-corrected chi connectivity index (χ1v) is 6.25. The van der Waals surface area contributed by atoms with Crippen LogP contribution in [0.15, 0.2) is 27.1 Å². The zero-order chi connectivity index (χ0) is 13.1. The summed E-state index contributed by atoms with van der Waals surface area (Å²) in [5, 5.41) is 17.2. The zero-order valence-corrected chi connectivity index (χ0v) is 11.6. The molecule has 0 amide bonds. The summed E-state index contributed by atoms with van der Waals surface area (Å²) in [6.45, 7) is 3.59. The summed E-state index contributed by atoms with van der Waals surface area (Å²) in [5.41, 5.74) is 0.709. The molecule has 0 aliphatic carbocycles. The standard InChI is InChI=1S/C12H13BrN2O3/c1-7(16)10-5-9(13)3-4-11(10)17-6-12-15-14-8(2)18-12/h3-5,7,16H,6H2,1-2H3/t7-/m1/s1. The maximum Gasteiger partial charge on any atom is 0.253 e. The fourth-order valence-corrected chi connectivity index (χ4v) is 1.89. The van der Waals surface area contributed by atoms with Gasteiger partial charge in [-0.2, -0.15) is 0 Å². The Morgan fingerprint density at radius 2 is 2.22 bits per heavy atom. The van der Waals surface area contributed by atoms with E-state index >= 15 is 0 Å². The molecule has 0 bridgehead atoms. The van der Waals surface area contributed by atoms with Gasteiger partial charge in [-0.05, 0) is 25.1 Å². The van der Waals surface area contributed by atoms with E-state index in [2.05, 4.69) is 26.1 Å². The van der Waals surface area contributed by atoms with Crippen LogP contribution in [0.1, 0.15) is 30.4 Å². The molecule has 1 N–H and O–H groups in total. The quantitative estimate of drug-likeness (QED) is 0.940. The van der Waals surface area contributed by atoms with Crippen molar-refractivity contribution in [3.8, 4) is 5.75 Å². The Labute approximate surface area is 113 Å². The third-order valence-electron chi connectivity index (χ3n) is 2.34. The van der Waals surface area contributed by atoms with Crippen LogP contribution in [0.25, 0.3) is 0 Å². The van der Waals surface area contributed by atoms with Crippen LogP contribution in [0.5, 0.6) is 5.75 Å². The number of benzene rings is 1. The van der Waals surface area contributed by atoms with Gasteiger partial charge in [0.1, 0.15) is 5.75 Å². The van der Waals surface area contributed by atoms with Gasteiger partial charge in [0.05, 0.1) is 6.10 Å². The minimum Gasteiger partial charge on any atom is -0.483 e. The molecule has 0 aliphatic rings. The van der Waals surface area contributed by atoms with E-state index in [4.69, 9.17) is 9.15 Å². The Bertz CT molecular complexity index is 540. The van der Waals surface area contributed by atoms with Crippen LogP contribution < -0.4 is 4.74 Å². The summed E-state index contributed by atoms with van der Waals surface area (Å²) < 4.78 is 11.7. The van der Waals surface area contributed by atoms with E-state index in [0.717, 1.165) is 4.47 Å². The number of halogens is 1. The van der Waals surface area contributed by atoms with Gasteiger partial charge in [0.25, 0.3) is 5.89 Å². The molecule has 2 aromatic rings. The van der Waals surface area contributed by atoms with Crippen molar-refractivity contribution in [1.82, 2.24) is 10.2 Å². The van der Waals surface area contributed by atoms with E-state index < -0.39 is 6.10 Å². The van der Waals surface area contributed by atoms with Gasteiger partial charge < -0.3 is 14.3 Å². The van der Waals surface area contributed by atoms with Crippen LogP contribution in [0.2, 0.25) is 0 Å². The Balaban J connectivity index is 2.13. The molecule has 0 saturated carbocycles. The molecule has 18 heavy (non-hydrogen) atoms. The molecule has 5 nitrogen and oxygen atoms in total. The molecule has 1 atom stereocenters. The number of aromatic nitrogens is 2. The second kappa shape index (κ2) is 5.49. The Kier molecular flexibility index (Phi) is 3.98. The Hall–Kier alpha value is -1.40. The van der Waals surface area contributed by atoms with Crippen molar-refractivity contribution in [2.24, 2.45) is 0 Å². The number of aliphatic hydroxyl groups excluding tert-OH is 1. The molecule has 6 heteroatoms. The van der Waals surface area contributed by atoms with Crippen LogP contribution >= 0.6 is 15.9 Å². The number of hydrogen-bond acceptors (Lipinski definition) is 5. The predicted octanol–water partition coefficient (Wildman–Crippen LogP) is 2.77. The summed E-state index contributed by atoms with van der Waals surface area (Å²) in [5.74, 6) is 1.51. The lowest BCUT2D eigenvalue weighted by atomic mass is 10.1. The van der Waals surface area contributed by atoms with Gasteiger partial charge in [0.15, 0.2) is 6.61 Å². The molecular formula is C12H13BrN2O3. The maximum absolute atomic E-state index is 9.68. The molecule has 1 heterocycles. The zero-order valence-electron chi connectivity index (χ0n) is 10.1. The van der Waals surface area contributed by atoms with Crippen molar-refractivity contribution >= 4 is 15.9 Å². The maximum atomic E-state index is 9.68. The van der Waals surface area contributed by atoms with E-state index in [0.29, 0.717) is 23.1 Å². The molecule has 0 unspecified atom stereocenters. The molecule has 0 radical (unpaired) electrons. The van der Waals surface area contributed by atoms with Crippen molar-refractivity contribution < 1.29 is 14.3 Å². The summed E-state index contributed by atoms with van der Waals surface area (Å²) in [4.78, 5) is 0. The van der Waals surface area contributed by atoms with Crippen LogP contribution in [-0.4, -0.2) is 15.3 Å². The SMILES string of the molecule is Cc1nnc(COc2ccc(Br)cc2[C@@H](C)O)o1. The van der Waals surface area contributed by atoms with Gasteiger partial charge in [-0.3, -0.25) is 0 Å². The first kappa shape index (κ1) is 13.0. The van der Waals surface area contributed by atoms with Gasteiger partial charge in [0.2, 0.25) is 5.89 Å². The van der Waals surface area contributed by atoms with E-state index in [9.17, 15) is 5.11 Å². The summed E-state index contributed by atoms with van der Waals surface area (Å²) in [6.07, 6.45) is -0.609. The number of hydrogen-bond donors (Lipinski definition) is 1. The van der Waals surface area contributed by atoms with Gasteiger partial charge in [0, 0.05) is 17.0 Å². The van der Waals surface area contributed by atoms with Crippen molar-refractivity contribution in [2.45, 2.75) is 26.6 Å². The fourth-order valence-electron chi connectivity index (χ4n) is 1.51. The van der Waals surface area contributed by atoms with E-state index in [1.165, 1.54) is 0 Å².